The minimum absolute atomic E-state index is 0.277. The van der Waals surface area contributed by atoms with Gasteiger partial charge in [-0.15, -0.1) is 0 Å². The fourth-order valence-corrected chi connectivity index (χ4v) is 3.33. The van der Waals surface area contributed by atoms with Crippen LogP contribution in [0.25, 0.3) is 10.9 Å². The minimum Gasteiger partial charge on any atom is -0.368 e. The minimum atomic E-state index is -0.277. The van der Waals surface area contributed by atoms with Gasteiger partial charge in [0.15, 0.2) is 0 Å². The van der Waals surface area contributed by atoms with Crippen LogP contribution in [-0.2, 0) is 0 Å². The molecule has 24 heavy (non-hydrogen) atoms. The average Bonchev–Trinajstić information content (AvgIpc) is 2.62. The number of nitrogens with zero attached hydrogens (tertiary/aromatic N) is 4. The van der Waals surface area contributed by atoms with Crippen molar-refractivity contribution in [2.24, 2.45) is 0 Å². The Labute approximate surface area is 144 Å². The highest BCUT2D eigenvalue weighted by Gasteiger charge is 2.21. The molecule has 1 saturated heterocycles. The molecule has 3 aromatic rings. The summed E-state index contributed by atoms with van der Waals surface area (Å²) in [6, 6.07) is 12.8. The molecule has 1 aromatic heterocycles. The van der Waals surface area contributed by atoms with Gasteiger partial charge in [0, 0.05) is 36.9 Å². The lowest BCUT2D eigenvalue weighted by molar-refractivity contribution is 0.630. The summed E-state index contributed by atoms with van der Waals surface area (Å²) in [5, 5.41) is 1.23. The van der Waals surface area contributed by atoms with E-state index in [1.54, 1.807) is 6.07 Å². The first kappa shape index (κ1) is 15.1. The quantitative estimate of drug-likeness (QED) is 0.710. The summed E-state index contributed by atoms with van der Waals surface area (Å²) >= 11 is 6.08. The summed E-state index contributed by atoms with van der Waals surface area (Å²) in [5.41, 5.74) is 1.75. The summed E-state index contributed by atoms with van der Waals surface area (Å²) in [4.78, 5) is 12.9. The highest BCUT2D eigenvalue weighted by molar-refractivity contribution is 6.30. The standard InChI is InChI=1S/C18H16ClFN4/c19-13-3-1-4-14(11-13)23-7-9-24(10-8-23)18-17-15(20)5-2-6-16(17)21-12-22-18/h1-6,11-12H,7-10H2. The Morgan fingerprint density at radius 2 is 1.67 bits per heavy atom. The van der Waals surface area contributed by atoms with Crippen LogP contribution in [0.15, 0.2) is 48.8 Å². The summed E-state index contributed by atoms with van der Waals surface area (Å²) in [5.74, 6) is 0.393. The molecule has 2 aromatic carbocycles. The van der Waals surface area contributed by atoms with E-state index in [1.165, 1.54) is 12.4 Å². The van der Waals surface area contributed by atoms with Crippen molar-refractivity contribution < 1.29 is 4.39 Å². The van der Waals surface area contributed by atoms with E-state index in [0.717, 1.165) is 36.9 Å². The second kappa shape index (κ2) is 6.24. The predicted molar refractivity (Wildman–Crippen MR) is 95.4 cm³/mol. The predicted octanol–water partition coefficient (Wildman–Crippen LogP) is 3.75. The third kappa shape index (κ3) is 2.76. The summed E-state index contributed by atoms with van der Waals surface area (Å²) < 4.78 is 14.3. The number of aromatic nitrogens is 2. The van der Waals surface area contributed by atoms with E-state index in [9.17, 15) is 4.39 Å². The fourth-order valence-electron chi connectivity index (χ4n) is 3.14. The van der Waals surface area contributed by atoms with E-state index in [0.29, 0.717) is 16.7 Å². The molecule has 1 fully saturated rings. The van der Waals surface area contributed by atoms with Crippen molar-refractivity contribution in [3.8, 4) is 0 Å². The van der Waals surface area contributed by atoms with Crippen LogP contribution < -0.4 is 9.80 Å². The van der Waals surface area contributed by atoms with Gasteiger partial charge in [0.25, 0.3) is 0 Å². The molecule has 122 valence electrons. The molecule has 0 spiro atoms. The fraction of sp³-hybridized carbons (Fsp3) is 0.222. The van der Waals surface area contributed by atoms with Crippen molar-refractivity contribution in [3.05, 3.63) is 59.6 Å². The van der Waals surface area contributed by atoms with Gasteiger partial charge in [0.05, 0.1) is 10.9 Å². The van der Waals surface area contributed by atoms with E-state index in [-0.39, 0.29) is 5.82 Å². The van der Waals surface area contributed by atoms with Crippen molar-refractivity contribution >= 4 is 34.0 Å². The molecule has 0 saturated carbocycles. The van der Waals surface area contributed by atoms with Crippen molar-refractivity contribution in [1.29, 1.82) is 0 Å². The number of anilines is 2. The topological polar surface area (TPSA) is 32.3 Å². The van der Waals surface area contributed by atoms with E-state index < -0.39 is 0 Å². The molecule has 1 aliphatic heterocycles. The van der Waals surface area contributed by atoms with Gasteiger partial charge in [0.1, 0.15) is 18.0 Å². The maximum atomic E-state index is 14.3. The molecule has 6 heteroatoms. The molecule has 2 heterocycles. The van der Waals surface area contributed by atoms with Gasteiger partial charge >= 0.3 is 0 Å². The number of halogens is 2. The van der Waals surface area contributed by atoms with E-state index in [1.807, 2.05) is 24.3 Å². The third-order valence-electron chi connectivity index (χ3n) is 4.34. The van der Waals surface area contributed by atoms with Crippen LogP contribution in [0.3, 0.4) is 0 Å². The Kier molecular flexibility index (Phi) is 3.94. The number of benzene rings is 2. The first-order valence-electron chi connectivity index (χ1n) is 7.87. The first-order chi connectivity index (χ1) is 11.7. The largest absolute Gasteiger partial charge is 0.368 e. The van der Waals surface area contributed by atoms with Gasteiger partial charge in [-0.25, -0.2) is 14.4 Å². The van der Waals surface area contributed by atoms with Gasteiger partial charge in [-0.05, 0) is 30.3 Å². The molecule has 0 unspecified atom stereocenters. The van der Waals surface area contributed by atoms with Gasteiger partial charge < -0.3 is 9.80 Å². The average molecular weight is 343 g/mol. The highest BCUT2D eigenvalue weighted by atomic mass is 35.5. The zero-order chi connectivity index (χ0) is 16.5. The van der Waals surface area contributed by atoms with Gasteiger partial charge in [-0.3, -0.25) is 0 Å². The number of hydrogen-bond acceptors (Lipinski definition) is 4. The zero-order valence-corrected chi connectivity index (χ0v) is 13.7. The zero-order valence-electron chi connectivity index (χ0n) is 13.0. The number of rotatable bonds is 2. The highest BCUT2D eigenvalue weighted by Crippen LogP contribution is 2.27. The normalized spacial score (nSPS) is 15.1. The molecule has 0 atom stereocenters. The Balaban J connectivity index is 1.58. The molecule has 0 N–H and O–H groups in total. The molecule has 4 nitrogen and oxygen atoms in total. The molecule has 0 aliphatic carbocycles. The van der Waals surface area contributed by atoms with Crippen LogP contribution in [0.4, 0.5) is 15.9 Å². The Morgan fingerprint density at radius 1 is 0.917 bits per heavy atom. The Hall–Kier alpha value is -2.40. The van der Waals surface area contributed by atoms with Crippen LogP contribution in [0, 0.1) is 5.82 Å². The lowest BCUT2D eigenvalue weighted by Crippen LogP contribution is -2.47. The van der Waals surface area contributed by atoms with E-state index in [4.69, 9.17) is 11.6 Å². The molecule has 0 radical (unpaired) electrons. The van der Waals surface area contributed by atoms with Crippen LogP contribution in [-0.4, -0.2) is 36.1 Å². The third-order valence-corrected chi connectivity index (χ3v) is 4.58. The summed E-state index contributed by atoms with van der Waals surface area (Å²) in [6.45, 7) is 3.21. The Morgan fingerprint density at radius 3 is 2.46 bits per heavy atom. The molecule has 0 bridgehead atoms. The summed E-state index contributed by atoms with van der Waals surface area (Å²) in [7, 11) is 0. The second-order valence-electron chi connectivity index (χ2n) is 5.79. The van der Waals surface area contributed by atoms with Crippen molar-refractivity contribution in [3.63, 3.8) is 0 Å². The maximum absolute atomic E-state index is 14.3. The number of piperazine rings is 1. The van der Waals surface area contributed by atoms with Gasteiger partial charge in [-0.1, -0.05) is 23.7 Å². The number of hydrogen-bond donors (Lipinski definition) is 0. The molecule has 1 aliphatic rings. The van der Waals surface area contributed by atoms with Gasteiger partial charge in [-0.2, -0.15) is 0 Å². The number of fused-ring (bicyclic) bond motifs is 1. The Bertz CT molecular complexity index is 873. The lowest BCUT2D eigenvalue weighted by atomic mass is 10.2. The lowest BCUT2D eigenvalue weighted by Gasteiger charge is -2.37. The van der Waals surface area contributed by atoms with Crippen molar-refractivity contribution in [2.45, 2.75) is 0 Å². The van der Waals surface area contributed by atoms with Crippen molar-refractivity contribution in [1.82, 2.24) is 9.97 Å². The second-order valence-corrected chi connectivity index (χ2v) is 6.22. The van der Waals surface area contributed by atoms with Crippen molar-refractivity contribution in [2.75, 3.05) is 36.0 Å². The van der Waals surface area contributed by atoms with Crippen LogP contribution >= 0.6 is 11.6 Å². The molecule has 0 amide bonds. The van der Waals surface area contributed by atoms with Gasteiger partial charge in [0.2, 0.25) is 0 Å². The smallest absolute Gasteiger partial charge is 0.142 e. The molecular formula is C18H16ClFN4. The summed E-state index contributed by atoms with van der Waals surface area (Å²) in [6.07, 6.45) is 1.50. The van der Waals surface area contributed by atoms with Crippen LogP contribution in [0.1, 0.15) is 0 Å². The maximum Gasteiger partial charge on any atom is 0.142 e. The molecular weight excluding hydrogens is 327 g/mol. The monoisotopic (exact) mass is 342 g/mol. The SMILES string of the molecule is Fc1cccc2ncnc(N3CCN(c4cccc(Cl)c4)CC3)c12. The van der Waals surface area contributed by atoms with Crippen LogP contribution in [0.5, 0.6) is 0 Å². The van der Waals surface area contributed by atoms with Crippen LogP contribution in [0.2, 0.25) is 5.02 Å². The molecule has 4 rings (SSSR count). The van der Waals surface area contributed by atoms with E-state index >= 15 is 0 Å². The first-order valence-corrected chi connectivity index (χ1v) is 8.25. The van der Waals surface area contributed by atoms with E-state index in [2.05, 4.69) is 25.8 Å².